The number of nitrogens with zero attached hydrogens (tertiary/aromatic N) is 2. The maximum absolute atomic E-state index is 12.4. The Hall–Kier alpha value is -2.15. The molecule has 0 saturated carbocycles. The van der Waals surface area contributed by atoms with Crippen LogP contribution in [0.2, 0.25) is 0 Å². The second kappa shape index (κ2) is 9.17. The van der Waals surface area contributed by atoms with Crippen molar-refractivity contribution in [3.63, 3.8) is 0 Å². The van der Waals surface area contributed by atoms with Crippen molar-refractivity contribution < 1.29 is 8.42 Å². The summed E-state index contributed by atoms with van der Waals surface area (Å²) in [5.74, 6) is 0.602. The molecule has 0 fully saturated rings. The summed E-state index contributed by atoms with van der Waals surface area (Å²) in [6.45, 7) is 0.345. The van der Waals surface area contributed by atoms with E-state index in [0.717, 1.165) is 29.7 Å². The molecular weight excluding hydrogens is 382 g/mol. The van der Waals surface area contributed by atoms with Gasteiger partial charge in [0, 0.05) is 24.8 Å². The number of aromatic nitrogens is 2. The van der Waals surface area contributed by atoms with Crippen LogP contribution in [0.5, 0.6) is 0 Å². The van der Waals surface area contributed by atoms with Crippen LogP contribution in [0, 0.1) is 0 Å². The van der Waals surface area contributed by atoms with Crippen molar-refractivity contribution >= 4 is 21.6 Å². The van der Waals surface area contributed by atoms with Crippen molar-refractivity contribution in [1.29, 1.82) is 0 Å². The molecule has 27 heavy (non-hydrogen) atoms. The SMILES string of the molecule is O=S(=O)(NCCc1ccc(-n2cccn2)cc1)c1ccc(CCCCl)cc1. The summed E-state index contributed by atoms with van der Waals surface area (Å²) >= 11 is 5.69. The van der Waals surface area contributed by atoms with Crippen LogP contribution in [0.4, 0.5) is 0 Å². The van der Waals surface area contributed by atoms with Gasteiger partial charge in [-0.1, -0.05) is 24.3 Å². The van der Waals surface area contributed by atoms with Gasteiger partial charge in [-0.15, -0.1) is 11.6 Å². The van der Waals surface area contributed by atoms with E-state index in [1.165, 1.54) is 0 Å². The van der Waals surface area contributed by atoms with Gasteiger partial charge in [0.15, 0.2) is 0 Å². The van der Waals surface area contributed by atoms with Gasteiger partial charge in [0.05, 0.1) is 10.6 Å². The average molecular weight is 404 g/mol. The van der Waals surface area contributed by atoms with Gasteiger partial charge in [-0.3, -0.25) is 0 Å². The molecule has 2 aromatic carbocycles. The van der Waals surface area contributed by atoms with Crippen LogP contribution in [-0.2, 0) is 22.9 Å². The minimum Gasteiger partial charge on any atom is -0.241 e. The maximum Gasteiger partial charge on any atom is 0.240 e. The van der Waals surface area contributed by atoms with E-state index in [9.17, 15) is 8.42 Å². The molecule has 1 heterocycles. The quantitative estimate of drug-likeness (QED) is 0.555. The Balaban J connectivity index is 1.54. The van der Waals surface area contributed by atoms with Crippen LogP contribution >= 0.6 is 11.6 Å². The van der Waals surface area contributed by atoms with Crippen molar-refractivity contribution in [1.82, 2.24) is 14.5 Å². The van der Waals surface area contributed by atoms with Crippen molar-refractivity contribution in [2.24, 2.45) is 0 Å². The van der Waals surface area contributed by atoms with Crippen molar-refractivity contribution in [3.8, 4) is 5.69 Å². The Kier molecular flexibility index (Phi) is 6.66. The first-order chi connectivity index (χ1) is 13.1. The van der Waals surface area contributed by atoms with Crippen LogP contribution < -0.4 is 4.72 Å². The summed E-state index contributed by atoms with van der Waals surface area (Å²) in [7, 11) is -3.50. The zero-order chi connectivity index (χ0) is 19.1. The van der Waals surface area contributed by atoms with E-state index in [1.807, 2.05) is 48.7 Å². The number of alkyl halides is 1. The first-order valence-corrected chi connectivity index (χ1v) is 10.8. The molecule has 0 aliphatic heterocycles. The van der Waals surface area contributed by atoms with Gasteiger partial charge in [0.25, 0.3) is 0 Å². The van der Waals surface area contributed by atoms with E-state index in [4.69, 9.17) is 11.6 Å². The Morgan fingerprint density at radius 1 is 0.963 bits per heavy atom. The van der Waals surface area contributed by atoms with Crippen LogP contribution in [0.15, 0.2) is 71.9 Å². The molecule has 0 saturated heterocycles. The molecule has 3 rings (SSSR count). The molecule has 0 aliphatic rings. The van der Waals surface area contributed by atoms with Crippen LogP contribution in [0.25, 0.3) is 5.69 Å². The molecule has 0 spiro atoms. The predicted octanol–water partition coefficient (Wildman–Crippen LogP) is 3.56. The lowest BCUT2D eigenvalue weighted by atomic mass is 10.1. The minimum atomic E-state index is -3.50. The third-order valence-corrected chi connectivity index (χ3v) is 5.99. The highest BCUT2D eigenvalue weighted by atomic mass is 35.5. The highest BCUT2D eigenvalue weighted by Gasteiger charge is 2.13. The molecule has 0 amide bonds. The third kappa shape index (κ3) is 5.42. The predicted molar refractivity (Wildman–Crippen MR) is 108 cm³/mol. The van der Waals surface area contributed by atoms with E-state index < -0.39 is 10.0 Å². The first-order valence-electron chi connectivity index (χ1n) is 8.82. The molecule has 1 N–H and O–H groups in total. The summed E-state index contributed by atoms with van der Waals surface area (Å²) in [6.07, 6.45) is 5.96. The number of sulfonamides is 1. The van der Waals surface area contributed by atoms with Gasteiger partial charge in [0.1, 0.15) is 0 Å². The van der Waals surface area contributed by atoms with Gasteiger partial charge in [-0.05, 0) is 60.7 Å². The molecule has 0 bridgehead atoms. The largest absolute Gasteiger partial charge is 0.241 e. The number of nitrogens with one attached hydrogen (secondary N) is 1. The minimum absolute atomic E-state index is 0.283. The Bertz CT molecular complexity index is 938. The number of aryl methyl sites for hydroxylation is 1. The van der Waals surface area contributed by atoms with Gasteiger partial charge in [0.2, 0.25) is 10.0 Å². The first kappa shape index (κ1) is 19.6. The zero-order valence-electron chi connectivity index (χ0n) is 14.9. The monoisotopic (exact) mass is 403 g/mol. The molecule has 0 atom stereocenters. The number of halogens is 1. The van der Waals surface area contributed by atoms with Crippen molar-refractivity contribution in [3.05, 3.63) is 78.1 Å². The van der Waals surface area contributed by atoms with E-state index >= 15 is 0 Å². The summed E-state index contributed by atoms with van der Waals surface area (Å²) in [5.41, 5.74) is 3.12. The van der Waals surface area contributed by atoms with E-state index in [-0.39, 0.29) is 4.90 Å². The van der Waals surface area contributed by atoms with E-state index in [2.05, 4.69) is 9.82 Å². The molecule has 5 nitrogen and oxygen atoms in total. The molecule has 3 aromatic rings. The summed E-state index contributed by atoms with van der Waals surface area (Å²) in [4.78, 5) is 0.283. The molecule has 0 aliphatic carbocycles. The summed E-state index contributed by atoms with van der Waals surface area (Å²) < 4.78 is 29.3. The Morgan fingerprint density at radius 3 is 2.26 bits per heavy atom. The van der Waals surface area contributed by atoms with Gasteiger partial charge in [-0.2, -0.15) is 5.10 Å². The van der Waals surface area contributed by atoms with Crippen molar-refractivity contribution in [2.45, 2.75) is 24.2 Å². The fraction of sp³-hybridized carbons (Fsp3) is 0.250. The van der Waals surface area contributed by atoms with Gasteiger partial charge >= 0.3 is 0 Å². The Labute approximate surface area is 165 Å². The van der Waals surface area contributed by atoms with Gasteiger partial charge < -0.3 is 0 Å². The molecule has 142 valence electrons. The molecular formula is C20H22ClN3O2S. The second-order valence-electron chi connectivity index (χ2n) is 6.20. The second-order valence-corrected chi connectivity index (χ2v) is 8.35. The lowest BCUT2D eigenvalue weighted by Crippen LogP contribution is -2.26. The van der Waals surface area contributed by atoms with Gasteiger partial charge in [-0.25, -0.2) is 17.8 Å². The molecule has 7 heteroatoms. The van der Waals surface area contributed by atoms with E-state index in [0.29, 0.717) is 18.8 Å². The van der Waals surface area contributed by atoms with E-state index in [1.54, 1.807) is 23.0 Å². The third-order valence-electron chi connectivity index (χ3n) is 4.24. The summed E-state index contributed by atoms with van der Waals surface area (Å²) in [6, 6.07) is 16.7. The smallest absolute Gasteiger partial charge is 0.240 e. The lowest BCUT2D eigenvalue weighted by Gasteiger charge is -2.08. The lowest BCUT2D eigenvalue weighted by molar-refractivity contribution is 0.581. The number of rotatable bonds is 9. The normalized spacial score (nSPS) is 11.6. The molecule has 0 radical (unpaired) electrons. The topological polar surface area (TPSA) is 64.0 Å². The van der Waals surface area contributed by atoms with Crippen LogP contribution in [0.1, 0.15) is 17.5 Å². The van der Waals surface area contributed by atoms with Crippen LogP contribution in [-0.4, -0.2) is 30.6 Å². The highest BCUT2D eigenvalue weighted by molar-refractivity contribution is 7.89. The number of hydrogen-bond donors (Lipinski definition) is 1. The van der Waals surface area contributed by atoms with Crippen LogP contribution in [0.3, 0.4) is 0 Å². The molecule has 1 aromatic heterocycles. The highest BCUT2D eigenvalue weighted by Crippen LogP contribution is 2.13. The maximum atomic E-state index is 12.4. The number of hydrogen-bond acceptors (Lipinski definition) is 3. The fourth-order valence-corrected chi connectivity index (χ4v) is 3.92. The Morgan fingerprint density at radius 2 is 1.63 bits per heavy atom. The zero-order valence-corrected chi connectivity index (χ0v) is 16.5. The average Bonchev–Trinajstić information content (AvgIpc) is 3.22. The van der Waals surface area contributed by atoms with Crippen molar-refractivity contribution in [2.75, 3.05) is 12.4 Å². The molecule has 0 unspecified atom stereocenters. The summed E-state index contributed by atoms with van der Waals surface area (Å²) in [5, 5.41) is 4.19. The number of benzene rings is 2. The fourth-order valence-electron chi connectivity index (χ4n) is 2.76. The standard InChI is InChI=1S/C20H22ClN3O2S/c21-13-1-3-17-6-10-20(11-7-17)27(25,26)23-15-12-18-4-8-19(9-5-18)24-16-2-14-22-24/h2,4-11,14,16,23H,1,3,12-13,15H2.